The lowest BCUT2D eigenvalue weighted by molar-refractivity contribution is -0.128. The van der Waals surface area contributed by atoms with Crippen LogP contribution in [0.2, 0.25) is 0 Å². The molecule has 0 spiro atoms. The highest BCUT2D eigenvalue weighted by molar-refractivity contribution is 5.93. The molecule has 0 unspecified atom stereocenters. The van der Waals surface area contributed by atoms with Crippen molar-refractivity contribution in [3.63, 3.8) is 0 Å². The molecule has 0 bridgehead atoms. The van der Waals surface area contributed by atoms with Crippen molar-refractivity contribution < 1.29 is 9.59 Å². The first-order chi connectivity index (χ1) is 13.1. The standard InChI is InChI=1S/C20H25N5O2.ClH/c1-24-13-15(9-22-24)17-10-21-11-18(17)20(27)23-16-6-4-14(5-7-16)12-25-8-2-3-19(25)26;/h4-7,9,13,17-18,21H,2-3,8,10-12H2,1H3,(H,23,27);1H/t17-,18+;/m1./s1. The van der Waals surface area contributed by atoms with E-state index >= 15 is 0 Å². The van der Waals surface area contributed by atoms with Crippen LogP contribution in [0.15, 0.2) is 36.7 Å². The predicted molar refractivity (Wildman–Crippen MR) is 109 cm³/mol. The van der Waals surface area contributed by atoms with Gasteiger partial charge in [-0.3, -0.25) is 14.3 Å². The van der Waals surface area contributed by atoms with Gasteiger partial charge in [0, 0.05) is 57.4 Å². The van der Waals surface area contributed by atoms with Gasteiger partial charge in [0.15, 0.2) is 0 Å². The average molecular weight is 404 g/mol. The van der Waals surface area contributed by atoms with E-state index in [1.54, 1.807) is 4.68 Å². The summed E-state index contributed by atoms with van der Waals surface area (Å²) in [5.41, 5.74) is 2.96. The van der Waals surface area contributed by atoms with Crippen molar-refractivity contribution in [1.82, 2.24) is 20.0 Å². The van der Waals surface area contributed by atoms with Crippen molar-refractivity contribution in [2.45, 2.75) is 25.3 Å². The lowest BCUT2D eigenvalue weighted by Crippen LogP contribution is -2.28. The van der Waals surface area contributed by atoms with Crippen LogP contribution in [-0.2, 0) is 23.2 Å². The largest absolute Gasteiger partial charge is 0.338 e. The van der Waals surface area contributed by atoms with E-state index in [1.165, 1.54) is 0 Å². The molecule has 2 aromatic rings. The van der Waals surface area contributed by atoms with Gasteiger partial charge in [0.25, 0.3) is 0 Å². The van der Waals surface area contributed by atoms with Crippen molar-refractivity contribution in [3.8, 4) is 0 Å². The Morgan fingerprint density at radius 1 is 1.29 bits per heavy atom. The summed E-state index contributed by atoms with van der Waals surface area (Å²) in [6, 6.07) is 7.78. The molecule has 2 saturated heterocycles. The van der Waals surface area contributed by atoms with Crippen LogP contribution in [0.3, 0.4) is 0 Å². The van der Waals surface area contributed by atoms with Crippen LogP contribution in [0.5, 0.6) is 0 Å². The number of rotatable bonds is 5. The molecule has 2 aliphatic heterocycles. The highest BCUT2D eigenvalue weighted by Crippen LogP contribution is 2.29. The Bertz CT molecular complexity index is 835. The molecule has 2 aliphatic rings. The summed E-state index contributed by atoms with van der Waals surface area (Å²) in [4.78, 5) is 26.4. The number of nitrogens with one attached hydrogen (secondary N) is 2. The summed E-state index contributed by atoms with van der Waals surface area (Å²) in [5.74, 6) is 0.272. The van der Waals surface area contributed by atoms with E-state index in [1.807, 2.05) is 48.6 Å². The van der Waals surface area contributed by atoms with Crippen LogP contribution in [0, 0.1) is 5.92 Å². The van der Waals surface area contributed by atoms with Gasteiger partial charge in [-0.15, -0.1) is 12.4 Å². The summed E-state index contributed by atoms with van der Waals surface area (Å²) < 4.78 is 1.77. The van der Waals surface area contributed by atoms with E-state index in [0.717, 1.165) is 36.3 Å². The van der Waals surface area contributed by atoms with Crippen LogP contribution in [-0.4, -0.2) is 46.1 Å². The van der Waals surface area contributed by atoms with E-state index in [9.17, 15) is 9.59 Å². The second-order valence-corrected chi connectivity index (χ2v) is 7.42. The number of carbonyl (C=O) groups is 2. The predicted octanol–water partition coefficient (Wildman–Crippen LogP) is 1.91. The molecular weight excluding hydrogens is 378 g/mol. The fourth-order valence-electron chi connectivity index (χ4n) is 3.96. The fourth-order valence-corrected chi connectivity index (χ4v) is 3.96. The Kier molecular flexibility index (Phi) is 6.36. The lowest BCUT2D eigenvalue weighted by Gasteiger charge is -2.18. The molecule has 0 radical (unpaired) electrons. The molecule has 7 nitrogen and oxygen atoms in total. The number of nitrogens with zero attached hydrogens (tertiary/aromatic N) is 3. The topological polar surface area (TPSA) is 79.3 Å². The zero-order valence-electron chi connectivity index (χ0n) is 15.9. The number of carbonyl (C=O) groups excluding carboxylic acids is 2. The number of hydrogen-bond donors (Lipinski definition) is 2. The van der Waals surface area contributed by atoms with Gasteiger partial charge < -0.3 is 15.5 Å². The summed E-state index contributed by atoms with van der Waals surface area (Å²) in [6.07, 6.45) is 5.42. The molecule has 2 atom stereocenters. The maximum atomic E-state index is 12.8. The third-order valence-electron chi connectivity index (χ3n) is 5.47. The van der Waals surface area contributed by atoms with Gasteiger partial charge in [0.1, 0.15) is 0 Å². The Hall–Kier alpha value is -2.38. The minimum absolute atomic E-state index is 0. The SMILES string of the molecule is Cl.Cn1cc([C@H]2CNC[C@@H]2C(=O)Nc2ccc(CN3CCCC3=O)cc2)cn1. The first kappa shape index (κ1) is 20.4. The highest BCUT2D eigenvalue weighted by atomic mass is 35.5. The van der Waals surface area contributed by atoms with E-state index in [4.69, 9.17) is 0 Å². The number of hydrogen-bond acceptors (Lipinski definition) is 4. The van der Waals surface area contributed by atoms with Crippen molar-refractivity contribution in [2.24, 2.45) is 13.0 Å². The number of amides is 2. The van der Waals surface area contributed by atoms with Gasteiger partial charge in [-0.2, -0.15) is 5.10 Å². The van der Waals surface area contributed by atoms with Crippen LogP contribution in [0.25, 0.3) is 0 Å². The maximum absolute atomic E-state index is 12.8. The van der Waals surface area contributed by atoms with Gasteiger partial charge in [0.2, 0.25) is 11.8 Å². The average Bonchev–Trinajstić information content (AvgIpc) is 3.38. The molecule has 28 heavy (non-hydrogen) atoms. The maximum Gasteiger partial charge on any atom is 0.229 e. The zero-order chi connectivity index (χ0) is 18.8. The van der Waals surface area contributed by atoms with Gasteiger partial charge in [-0.25, -0.2) is 0 Å². The van der Waals surface area contributed by atoms with Crippen LogP contribution >= 0.6 is 12.4 Å². The van der Waals surface area contributed by atoms with Crippen molar-refractivity contribution in [3.05, 3.63) is 47.8 Å². The van der Waals surface area contributed by atoms with Crippen molar-refractivity contribution in [2.75, 3.05) is 25.0 Å². The first-order valence-corrected chi connectivity index (χ1v) is 9.47. The minimum Gasteiger partial charge on any atom is -0.338 e. The molecule has 2 fully saturated rings. The monoisotopic (exact) mass is 403 g/mol. The fraction of sp³-hybridized carbons (Fsp3) is 0.450. The highest BCUT2D eigenvalue weighted by Gasteiger charge is 2.34. The summed E-state index contributed by atoms with van der Waals surface area (Å²) >= 11 is 0. The Morgan fingerprint density at radius 3 is 2.71 bits per heavy atom. The van der Waals surface area contributed by atoms with Gasteiger partial charge in [0.05, 0.1) is 12.1 Å². The third kappa shape index (κ3) is 4.36. The number of benzene rings is 1. The number of likely N-dealkylation sites (tertiary alicyclic amines) is 1. The molecule has 150 valence electrons. The molecule has 4 rings (SSSR count). The number of aromatic nitrogens is 2. The van der Waals surface area contributed by atoms with Crippen LogP contribution in [0.4, 0.5) is 5.69 Å². The molecule has 0 saturated carbocycles. The van der Waals surface area contributed by atoms with E-state index in [0.29, 0.717) is 19.5 Å². The number of halogens is 1. The molecule has 2 amide bonds. The lowest BCUT2D eigenvalue weighted by atomic mass is 9.90. The van der Waals surface area contributed by atoms with Crippen LogP contribution < -0.4 is 10.6 Å². The third-order valence-corrected chi connectivity index (χ3v) is 5.47. The second kappa shape index (κ2) is 8.75. The van der Waals surface area contributed by atoms with Gasteiger partial charge >= 0.3 is 0 Å². The first-order valence-electron chi connectivity index (χ1n) is 9.47. The van der Waals surface area contributed by atoms with E-state index in [-0.39, 0.29) is 36.1 Å². The quantitative estimate of drug-likeness (QED) is 0.799. The smallest absolute Gasteiger partial charge is 0.229 e. The van der Waals surface area contributed by atoms with Crippen molar-refractivity contribution in [1.29, 1.82) is 0 Å². The normalized spacial score (nSPS) is 21.6. The van der Waals surface area contributed by atoms with Crippen molar-refractivity contribution >= 4 is 29.9 Å². The zero-order valence-corrected chi connectivity index (χ0v) is 16.7. The Labute approximate surface area is 170 Å². The van der Waals surface area contributed by atoms with Crippen LogP contribution in [0.1, 0.15) is 29.9 Å². The second-order valence-electron chi connectivity index (χ2n) is 7.42. The molecule has 2 N–H and O–H groups in total. The summed E-state index contributed by atoms with van der Waals surface area (Å²) in [5, 5.41) is 10.6. The molecule has 3 heterocycles. The Morgan fingerprint density at radius 2 is 2.07 bits per heavy atom. The number of aryl methyl sites for hydroxylation is 1. The molecule has 0 aliphatic carbocycles. The Balaban J connectivity index is 0.00000225. The van der Waals surface area contributed by atoms with E-state index in [2.05, 4.69) is 15.7 Å². The summed E-state index contributed by atoms with van der Waals surface area (Å²) in [7, 11) is 1.89. The van der Waals surface area contributed by atoms with E-state index < -0.39 is 0 Å². The molecule has 8 heteroatoms. The molecule has 1 aromatic carbocycles. The van der Waals surface area contributed by atoms with Gasteiger partial charge in [-0.1, -0.05) is 12.1 Å². The molecular formula is C20H26ClN5O2. The van der Waals surface area contributed by atoms with Gasteiger partial charge in [-0.05, 0) is 29.7 Å². The minimum atomic E-state index is -0.115. The summed E-state index contributed by atoms with van der Waals surface area (Å²) in [6.45, 7) is 2.93. The number of anilines is 1. The molecule has 1 aromatic heterocycles.